The van der Waals surface area contributed by atoms with Gasteiger partial charge in [-0.1, -0.05) is 171 Å². The molecule has 1 unspecified atom stereocenters. The Labute approximate surface area is 344 Å². The molecule has 0 aromatic rings. The Kier molecular flexibility index (Phi) is 42.1. The molecular weight excluding hydrogens is 697 g/mol. The lowest BCUT2D eigenvalue weighted by Gasteiger charge is -2.18. The highest BCUT2D eigenvalue weighted by Gasteiger charge is 2.19. The Morgan fingerprint density at radius 3 is 1.23 bits per heavy atom. The van der Waals surface area contributed by atoms with Crippen molar-refractivity contribution in [1.82, 2.24) is 0 Å². The summed E-state index contributed by atoms with van der Waals surface area (Å²) in [5, 5.41) is 0. The van der Waals surface area contributed by atoms with E-state index in [0.29, 0.717) is 19.3 Å². The van der Waals surface area contributed by atoms with Crippen LogP contribution in [0.25, 0.3) is 0 Å². The molecule has 0 heterocycles. The van der Waals surface area contributed by atoms with Gasteiger partial charge in [0.1, 0.15) is 13.2 Å². The number of allylic oxidation sites excluding steroid dienone is 12. The molecule has 0 bridgehead atoms. The standard InChI is InChI=1S/C50H84O6/c1-4-7-10-13-16-19-22-24-25-27-28-31-34-37-40-43-49(52)55-46-47(45-54-48(51)42-39-36-33-30-21-18-15-12-9-6-3)56-50(53)44-41-38-35-32-29-26-23-20-17-14-11-8-5-2/h8,11-12,15,17,20,24-26,29,35,38,47H,4-7,9-10,13-14,16,18-19,21-23,27-28,30-34,36-37,39-46H2,1-3H3/b11-8-,15-12-,20-17-,25-24-,29-26-,38-35-. The lowest BCUT2D eigenvalue weighted by molar-refractivity contribution is -0.166. The van der Waals surface area contributed by atoms with E-state index in [-0.39, 0.29) is 31.6 Å². The molecule has 0 aromatic heterocycles. The van der Waals surface area contributed by atoms with E-state index < -0.39 is 12.1 Å². The molecule has 0 spiro atoms. The van der Waals surface area contributed by atoms with Gasteiger partial charge in [0.05, 0.1) is 0 Å². The Bertz CT molecular complexity index is 1080. The summed E-state index contributed by atoms with van der Waals surface area (Å²) >= 11 is 0. The number of hydrogen-bond donors (Lipinski definition) is 0. The molecular formula is C50H84O6. The lowest BCUT2D eigenvalue weighted by atomic mass is 10.1. The second-order valence-electron chi connectivity index (χ2n) is 14.9. The van der Waals surface area contributed by atoms with Gasteiger partial charge >= 0.3 is 17.9 Å². The molecule has 0 aromatic carbocycles. The van der Waals surface area contributed by atoms with Gasteiger partial charge in [-0.3, -0.25) is 14.4 Å². The summed E-state index contributed by atoms with van der Waals surface area (Å²) in [5.41, 5.74) is 0. The van der Waals surface area contributed by atoms with E-state index in [9.17, 15) is 14.4 Å². The van der Waals surface area contributed by atoms with Gasteiger partial charge in [-0.05, 0) is 89.9 Å². The van der Waals surface area contributed by atoms with Crippen LogP contribution < -0.4 is 0 Å². The zero-order valence-corrected chi connectivity index (χ0v) is 36.4. The minimum Gasteiger partial charge on any atom is -0.462 e. The maximum Gasteiger partial charge on any atom is 0.306 e. The van der Waals surface area contributed by atoms with E-state index in [1.165, 1.54) is 64.2 Å². The third-order valence-corrected chi connectivity index (χ3v) is 9.41. The van der Waals surface area contributed by atoms with Gasteiger partial charge in [0.25, 0.3) is 0 Å². The molecule has 0 N–H and O–H groups in total. The highest BCUT2D eigenvalue weighted by molar-refractivity contribution is 5.71. The summed E-state index contributed by atoms with van der Waals surface area (Å²) in [6.07, 6.45) is 54.7. The fourth-order valence-corrected chi connectivity index (χ4v) is 5.98. The van der Waals surface area contributed by atoms with Crippen molar-refractivity contribution >= 4 is 17.9 Å². The maximum absolute atomic E-state index is 12.7. The number of hydrogen-bond acceptors (Lipinski definition) is 6. The fraction of sp³-hybridized carbons (Fsp3) is 0.700. The van der Waals surface area contributed by atoms with E-state index in [1.54, 1.807) is 0 Å². The molecule has 0 fully saturated rings. The van der Waals surface area contributed by atoms with Crippen molar-refractivity contribution in [3.8, 4) is 0 Å². The molecule has 0 saturated carbocycles. The van der Waals surface area contributed by atoms with Crippen LogP contribution in [0.1, 0.15) is 207 Å². The van der Waals surface area contributed by atoms with Crippen molar-refractivity contribution in [2.45, 2.75) is 213 Å². The number of ether oxygens (including phenoxy) is 3. The summed E-state index contributed by atoms with van der Waals surface area (Å²) in [6.45, 7) is 6.36. The van der Waals surface area contributed by atoms with Gasteiger partial charge in [0.2, 0.25) is 0 Å². The third kappa shape index (κ3) is 42.0. The molecule has 0 aliphatic carbocycles. The zero-order chi connectivity index (χ0) is 40.8. The van der Waals surface area contributed by atoms with Gasteiger partial charge < -0.3 is 14.2 Å². The maximum atomic E-state index is 12.7. The SMILES string of the molecule is CC/C=C\C/C=C\C/C=C\C/C=C\CCC(=O)OC(COC(=O)CCCCCCC/C=C\CCC)COC(=O)CCCCCCC/C=C\CCCCCCCC. The van der Waals surface area contributed by atoms with Crippen LogP contribution in [-0.4, -0.2) is 37.2 Å². The molecule has 6 nitrogen and oxygen atoms in total. The van der Waals surface area contributed by atoms with E-state index >= 15 is 0 Å². The van der Waals surface area contributed by atoms with Crippen molar-refractivity contribution in [3.63, 3.8) is 0 Å². The van der Waals surface area contributed by atoms with Crippen LogP contribution in [0.5, 0.6) is 0 Å². The predicted octanol–water partition coefficient (Wildman–Crippen LogP) is 14.7. The van der Waals surface area contributed by atoms with Crippen LogP contribution in [0, 0.1) is 0 Å². The van der Waals surface area contributed by atoms with Crippen molar-refractivity contribution in [2.24, 2.45) is 0 Å². The highest BCUT2D eigenvalue weighted by atomic mass is 16.6. The fourth-order valence-electron chi connectivity index (χ4n) is 5.98. The molecule has 6 heteroatoms. The highest BCUT2D eigenvalue weighted by Crippen LogP contribution is 2.12. The molecule has 56 heavy (non-hydrogen) atoms. The topological polar surface area (TPSA) is 78.9 Å². The Morgan fingerprint density at radius 2 is 0.768 bits per heavy atom. The third-order valence-electron chi connectivity index (χ3n) is 9.41. The number of carbonyl (C=O) groups is 3. The average molecular weight is 781 g/mol. The number of rotatable bonds is 40. The van der Waals surface area contributed by atoms with Crippen LogP contribution in [-0.2, 0) is 28.6 Å². The minimum absolute atomic E-state index is 0.112. The van der Waals surface area contributed by atoms with E-state index in [0.717, 1.165) is 96.3 Å². The van der Waals surface area contributed by atoms with Gasteiger partial charge in [-0.15, -0.1) is 0 Å². The van der Waals surface area contributed by atoms with Crippen LogP contribution in [0.15, 0.2) is 72.9 Å². The Balaban J connectivity index is 4.48. The summed E-state index contributed by atoms with van der Waals surface area (Å²) < 4.78 is 16.6. The first-order valence-corrected chi connectivity index (χ1v) is 22.9. The van der Waals surface area contributed by atoms with E-state index in [1.807, 2.05) is 12.2 Å². The van der Waals surface area contributed by atoms with Crippen molar-refractivity contribution in [2.75, 3.05) is 13.2 Å². The summed E-state index contributed by atoms with van der Waals surface area (Å²) in [7, 11) is 0. The predicted molar refractivity (Wildman–Crippen MR) is 238 cm³/mol. The molecule has 0 rings (SSSR count). The van der Waals surface area contributed by atoms with Crippen molar-refractivity contribution in [1.29, 1.82) is 0 Å². The lowest BCUT2D eigenvalue weighted by Crippen LogP contribution is -2.30. The summed E-state index contributed by atoms with van der Waals surface area (Å²) in [4.78, 5) is 37.7. The molecule has 0 aliphatic rings. The molecule has 0 aliphatic heterocycles. The van der Waals surface area contributed by atoms with E-state index in [2.05, 4.69) is 81.5 Å². The van der Waals surface area contributed by atoms with Crippen LogP contribution in [0.4, 0.5) is 0 Å². The number of unbranched alkanes of at least 4 members (excludes halogenated alkanes) is 17. The van der Waals surface area contributed by atoms with E-state index in [4.69, 9.17) is 14.2 Å². The molecule has 1 atom stereocenters. The number of esters is 3. The first kappa shape index (κ1) is 52.9. The van der Waals surface area contributed by atoms with Gasteiger partial charge in [0.15, 0.2) is 6.10 Å². The van der Waals surface area contributed by atoms with Crippen LogP contribution in [0.3, 0.4) is 0 Å². The summed E-state index contributed by atoms with van der Waals surface area (Å²) in [5.74, 6) is -1.02. The van der Waals surface area contributed by atoms with Gasteiger partial charge in [-0.25, -0.2) is 0 Å². The quantitative estimate of drug-likeness (QED) is 0.0267. The largest absolute Gasteiger partial charge is 0.462 e. The first-order valence-electron chi connectivity index (χ1n) is 22.9. The number of carbonyl (C=O) groups excluding carboxylic acids is 3. The summed E-state index contributed by atoms with van der Waals surface area (Å²) in [6, 6.07) is 0. The molecule has 0 radical (unpaired) electrons. The van der Waals surface area contributed by atoms with Crippen molar-refractivity contribution < 1.29 is 28.6 Å². The van der Waals surface area contributed by atoms with Crippen LogP contribution in [0.2, 0.25) is 0 Å². The van der Waals surface area contributed by atoms with Gasteiger partial charge in [-0.2, -0.15) is 0 Å². The van der Waals surface area contributed by atoms with Crippen LogP contribution >= 0.6 is 0 Å². The second kappa shape index (κ2) is 44.6. The second-order valence-corrected chi connectivity index (χ2v) is 14.9. The normalized spacial score (nSPS) is 12.7. The monoisotopic (exact) mass is 781 g/mol. The molecule has 320 valence electrons. The Morgan fingerprint density at radius 1 is 0.375 bits per heavy atom. The zero-order valence-electron chi connectivity index (χ0n) is 36.4. The molecule has 0 amide bonds. The Hall–Kier alpha value is -3.15. The molecule has 0 saturated heterocycles. The smallest absolute Gasteiger partial charge is 0.306 e. The van der Waals surface area contributed by atoms with Crippen molar-refractivity contribution in [3.05, 3.63) is 72.9 Å². The minimum atomic E-state index is -0.817. The average Bonchev–Trinajstić information content (AvgIpc) is 3.19. The van der Waals surface area contributed by atoms with Gasteiger partial charge in [0, 0.05) is 19.3 Å². The first-order chi connectivity index (χ1) is 27.5.